The Labute approximate surface area is 163 Å². The second kappa shape index (κ2) is 7.95. The average Bonchev–Trinajstić information content (AvgIpc) is 3.12. The van der Waals surface area contributed by atoms with Crippen LogP contribution >= 0.6 is 0 Å². The number of carbonyl (C=O) groups excluding carboxylic acids is 2. The summed E-state index contributed by atoms with van der Waals surface area (Å²) in [6.07, 6.45) is 4.00. The molecular weight excluding hydrogens is 360 g/mol. The van der Waals surface area contributed by atoms with Gasteiger partial charge in [-0.25, -0.2) is 4.68 Å². The van der Waals surface area contributed by atoms with E-state index in [9.17, 15) is 14.4 Å². The maximum absolute atomic E-state index is 13.0. The van der Waals surface area contributed by atoms with Crippen LogP contribution in [0.4, 0.5) is 5.82 Å². The quantitative estimate of drug-likeness (QED) is 0.831. The van der Waals surface area contributed by atoms with Gasteiger partial charge in [0.25, 0.3) is 11.5 Å². The third-order valence-electron chi connectivity index (χ3n) is 5.17. The molecule has 0 radical (unpaired) electrons. The lowest BCUT2D eigenvalue weighted by Gasteiger charge is -2.43. The Hall–Kier alpha value is -2.97. The van der Waals surface area contributed by atoms with E-state index in [0.29, 0.717) is 31.0 Å². The van der Waals surface area contributed by atoms with Gasteiger partial charge in [-0.1, -0.05) is 0 Å². The van der Waals surface area contributed by atoms with Crippen LogP contribution in [0.1, 0.15) is 38.8 Å². The largest absolute Gasteiger partial charge is 0.327 e. The van der Waals surface area contributed by atoms with Crippen molar-refractivity contribution in [1.29, 1.82) is 0 Å². The van der Waals surface area contributed by atoms with Crippen molar-refractivity contribution in [2.45, 2.75) is 58.7 Å². The number of hydrogen-bond acceptors (Lipinski definition) is 5. The number of rotatable bonds is 5. The first-order valence-corrected chi connectivity index (χ1v) is 9.53. The van der Waals surface area contributed by atoms with Gasteiger partial charge in [-0.05, 0) is 46.1 Å². The van der Waals surface area contributed by atoms with Gasteiger partial charge in [0.2, 0.25) is 5.91 Å². The summed E-state index contributed by atoms with van der Waals surface area (Å²) < 4.78 is 2.87. The molecule has 0 saturated carbocycles. The number of nitrogens with zero attached hydrogens (tertiary/aromatic N) is 5. The molecular formula is C19H26N6O3. The van der Waals surface area contributed by atoms with E-state index in [1.807, 2.05) is 6.92 Å². The molecule has 1 N–H and O–H groups in total. The molecule has 1 aliphatic rings. The van der Waals surface area contributed by atoms with Crippen LogP contribution in [-0.2, 0) is 22.7 Å². The summed E-state index contributed by atoms with van der Waals surface area (Å²) in [7, 11) is 0. The minimum atomic E-state index is -1.00. The molecule has 3 rings (SSSR count). The average molecular weight is 386 g/mol. The van der Waals surface area contributed by atoms with E-state index < -0.39 is 5.54 Å². The number of amides is 2. The van der Waals surface area contributed by atoms with Crippen molar-refractivity contribution in [3.05, 3.63) is 40.4 Å². The highest BCUT2D eigenvalue weighted by atomic mass is 16.2. The first kappa shape index (κ1) is 19.8. The summed E-state index contributed by atoms with van der Waals surface area (Å²) in [5.41, 5.74) is -0.691. The van der Waals surface area contributed by atoms with Crippen LogP contribution in [0.3, 0.4) is 0 Å². The van der Waals surface area contributed by atoms with Crippen LogP contribution in [0.25, 0.3) is 0 Å². The lowest BCUT2D eigenvalue weighted by Crippen LogP contribution is -2.60. The topological polar surface area (TPSA) is 102 Å². The standard InChI is InChI=1S/C19H26N6O3/c1-4-23-12-9-15(22-23)20-18(28)19(3)10-5-6-11-24(19)17(27)13-25-16(26)8-7-14(2)21-25/h7-9,12H,4-6,10-11,13H2,1-3H3,(H,20,22,28)/t19-/m1/s1. The van der Waals surface area contributed by atoms with Gasteiger partial charge < -0.3 is 10.2 Å². The zero-order chi connectivity index (χ0) is 20.3. The van der Waals surface area contributed by atoms with E-state index >= 15 is 0 Å². The van der Waals surface area contributed by atoms with Gasteiger partial charge in [0.05, 0.1) is 5.69 Å². The molecule has 9 heteroatoms. The molecule has 1 atom stereocenters. The second-order valence-corrected chi connectivity index (χ2v) is 7.26. The molecule has 0 bridgehead atoms. The Morgan fingerprint density at radius 2 is 2.00 bits per heavy atom. The molecule has 3 heterocycles. The maximum atomic E-state index is 13.0. The molecule has 0 unspecified atom stereocenters. The Morgan fingerprint density at radius 1 is 1.21 bits per heavy atom. The van der Waals surface area contributed by atoms with Gasteiger partial charge in [0, 0.05) is 31.4 Å². The van der Waals surface area contributed by atoms with E-state index in [1.165, 1.54) is 6.07 Å². The normalized spacial score (nSPS) is 19.5. The first-order chi connectivity index (χ1) is 13.3. The van der Waals surface area contributed by atoms with Gasteiger partial charge in [-0.15, -0.1) is 0 Å². The van der Waals surface area contributed by atoms with Crippen LogP contribution in [0.2, 0.25) is 0 Å². The number of anilines is 1. The highest BCUT2D eigenvalue weighted by molar-refractivity contribution is 5.99. The van der Waals surface area contributed by atoms with Crippen LogP contribution in [0.15, 0.2) is 29.2 Å². The zero-order valence-corrected chi connectivity index (χ0v) is 16.5. The van der Waals surface area contributed by atoms with Gasteiger partial charge in [0.1, 0.15) is 12.1 Å². The fraction of sp³-hybridized carbons (Fsp3) is 0.526. The van der Waals surface area contributed by atoms with E-state index in [-0.39, 0.29) is 23.9 Å². The number of likely N-dealkylation sites (tertiary alicyclic amines) is 1. The van der Waals surface area contributed by atoms with E-state index in [4.69, 9.17) is 0 Å². The molecule has 1 saturated heterocycles. The number of carbonyl (C=O) groups is 2. The molecule has 150 valence electrons. The first-order valence-electron chi connectivity index (χ1n) is 9.53. The minimum Gasteiger partial charge on any atom is -0.327 e. The molecule has 2 aromatic heterocycles. The fourth-order valence-electron chi connectivity index (χ4n) is 3.49. The second-order valence-electron chi connectivity index (χ2n) is 7.26. The van der Waals surface area contributed by atoms with Gasteiger partial charge in [0.15, 0.2) is 5.82 Å². The summed E-state index contributed by atoms with van der Waals surface area (Å²) in [5.74, 6) is -0.106. The predicted octanol–water partition coefficient (Wildman–Crippen LogP) is 1.18. The summed E-state index contributed by atoms with van der Waals surface area (Å²) in [6, 6.07) is 4.73. The SMILES string of the molecule is CCn1ccc(NC(=O)[C@@]2(C)CCCCN2C(=O)Cn2nc(C)ccc2=O)n1. The van der Waals surface area contributed by atoms with Crippen molar-refractivity contribution in [3.63, 3.8) is 0 Å². The van der Waals surface area contributed by atoms with Crippen molar-refractivity contribution in [3.8, 4) is 0 Å². The minimum absolute atomic E-state index is 0.187. The summed E-state index contributed by atoms with van der Waals surface area (Å²) >= 11 is 0. The summed E-state index contributed by atoms with van der Waals surface area (Å²) in [6.45, 7) is 6.47. The molecule has 9 nitrogen and oxygen atoms in total. The highest BCUT2D eigenvalue weighted by Gasteiger charge is 2.44. The molecule has 0 spiro atoms. The van der Waals surface area contributed by atoms with E-state index in [1.54, 1.807) is 41.8 Å². The maximum Gasteiger partial charge on any atom is 0.267 e. The summed E-state index contributed by atoms with van der Waals surface area (Å²) in [5, 5.41) is 11.2. The molecule has 1 aliphatic heterocycles. The van der Waals surface area contributed by atoms with Gasteiger partial charge >= 0.3 is 0 Å². The molecule has 2 aromatic rings. The Balaban J connectivity index is 1.79. The smallest absolute Gasteiger partial charge is 0.267 e. The zero-order valence-electron chi connectivity index (χ0n) is 16.5. The van der Waals surface area contributed by atoms with E-state index in [2.05, 4.69) is 15.5 Å². The molecule has 2 amide bonds. The molecule has 28 heavy (non-hydrogen) atoms. The lowest BCUT2D eigenvalue weighted by atomic mass is 9.87. The number of piperidine rings is 1. The van der Waals surface area contributed by atoms with Crippen molar-refractivity contribution >= 4 is 17.6 Å². The third-order valence-corrected chi connectivity index (χ3v) is 5.17. The Bertz CT molecular complexity index is 934. The van der Waals surface area contributed by atoms with Crippen molar-refractivity contribution in [2.24, 2.45) is 0 Å². The molecule has 1 fully saturated rings. The monoisotopic (exact) mass is 386 g/mol. The predicted molar refractivity (Wildman–Crippen MR) is 104 cm³/mol. The number of hydrogen-bond donors (Lipinski definition) is 1. The van der Waals surface area contributed by atoms with Gasteiger partial charge in [-0.2, -0.15) is 10.2 Å². The summed E-state index contributed by atoms with van der Waals surface area (Å²) in [4.78, 5) is 39.6. The molecule has 0 aromatic carbocycles. The Morgan fingerprint density at radius 3 is 2.71 bits per heavy atom. The number of aromatic nitrogens is 4. The number of aryl methyl sites for hydroxylation is 2. The lowest BCUT2D eigenvalue weighted by molar-refractivity contribution is -0.147. The number of nitrogens with one attached hydrogen (secondary N) is 1. The molecule has 0 aliphatic carbocycles. The van der Waals surface area contributed by atoms with Gasteiger partial charge in [-0.3, -0.25) is 19.1 Å². The van der Waals surface area contributed by atoms with Crippen molar-refractivity contribution in [2.75, 3.05) is 11.9 Å². The van der Waals surface area contributed by atoms with Crippen LogP contribution < -0.4 is 10.9 Å². The highest BCUT2D eigenvalue weighted by Crippen LogP contribution is 2.29. The third kappa shape index (κ3) is 3.97. The van der Waals surface area contributed by atoms with Crippen LogP contribution in [-0.4, -0.2) is 48.4 Å². The van der Waals surface area contributed by atoms with Crippen LogP contribution in [0.5, 0.6) is 0 Å². The van der Waals surface area contributed by atoms with Crippen LogP contribution in [0, 0.1) is 6.92 Å². The van der Waals surface area contributed by atoms with Crippen molar-refractivity contribution in [1.82, 2.24) is 24.5 Å². The Kier molecular flexibility index (Phi) is 5.62. The van der Waals surface area contributed by atoms with Crippen molar-refractivity contribution < 1.29 is 9.59 Å². The van der Waals surface area contributed by atoms with E-state index in [0.717, 1.165) is 17.5 Å². The fourth-order valence-corrected chi connectivity index (χ4v) is 3.49.